The van der Waals surface area contributed by atoms with Gasteiger partial charge < -0.3 is 11.1 Å². The molecule has 0 bridgehead atoms. The zero-order chi connectivity index (χ0) is 16.2. The van der Waals surface area contributed by atoms with Crippen molar-refractivity contribution in [1.82, 2.24) is 10.2 Å². The van der Waals surface area contributed by atoms with Gasteiger partial charge in [-0.3, -0.25) is 9.89 Å². The molecule has 0 spiro atoms. The van der Waals surface area contributed by atoms with E-state index >= 15 is 0 Å². The van der Waals surface area contributed by atoms with Gasteiger partial charge >= 0.3 is 0 Å². The summed E-state index contributed by atoms with van der Waals surface area (Å²) in [4.78, 5) is 7.09. The molecule has 5 heteroatoms. The van der Waals surface area contributed by atoms with Gasteiger partial charge in [0.25, 0.3) is 0 Å². The SMILES string of the molecule is CCC(CN=C(N)NC(C)(C)C)N1CCc2ccccc2C1.I. The van der Waals surface area contributed by atoms with Gasteiger partial charge in [-0.2, -0.15) is 0 Å². The third-order valence-electron chi connectivity index (χ3n) is 4.12. The van der Waals surface area contributed by atoms with Crippen LogP contribution in [0.1, 0.15) is 45.2 Å². The Labute approximate surface area is 157 Å². The van der Waals surface area contributed by atoms with Gasteiger partial charge in [-0.1, -0.05) is 31.2 Å². The predicted molar refractivity (Wildman–Crippen MR) is 109 cm³/mol. The van der Waals surface area contributed by atoms with Crippen LogP contribution in [-0.2, 0) is 13.0 Å². The Morgan fingerprint density at radius 1 is 1.30 bits per heavy atom. The van der Waals surface area contributed by atoms with E-state index in [1.54, 1.807) is 0 Å². The number of nitrogens with one attached hydrogen (secondary N) is 1. The standard InChI is InChI=1S/C18H30N4.HI/c1-5-16(12-20-17(19)21-18(2,3)4)22-11-10-14-8-6-7-9-15(14)13-22;/h6-9,16H,5,10-13H2,1-4H3,(H3,19,20,21);1H. The number of rotatable bonds is 4. The number of benzene rings is 1. The van der Waals surface area contributed by atoms with Gasteiger partial charge in [-0.15, -0.1) is 24.0 Å². The van der Waals surface area contributed by atoms with Crippen LogP contribution in [0.4, 0.5) is 0 Å². The molecule has 1 heterocycles. The molecule has 1 aliphatic heterocycles. The number of aliphatic imine (C=N–C) groups is 1. The number of fused-ring (bicyclic) bond motifs is 1. The summed E-state index contributed by atoms with van der Waals surface area (Å²) >= 11 is 0. The highest BCUT2D eigenvalue weighted by Gasteiger charge is 2.22. The summed E-state index contributed by atoms with van der Waals surface area (Å²) in [5.74, 6) is 0.545. The summed E-state index contributed by atoms with van der Waals surface area (Å²) in [7, 11) is 0. The topological polar surface area (TPSA) is 53.6 Å². The van der Waals surface area contributed by atoms with Crippen LogP contribution < -0.4 is 11.1 Å². The number of nitrogens with zero attached hydrogens (tertiary/aromatic N) is 2. The number of guanidine groups is 1. The van der Waals surface area contributed by atoms with E-state index in [9.17, 15) is 0 Å². The highest BCUT2D eigenvalue weighted by molar-refractivity contribution is 14.0. The normalized spacial score (nSPS) is 17.1. The minimum absolute atomic E-state index is 0. The summed E-state index contributed by atoms with van der Waals surface area (Å²) in [6.07, 6.45) is 2.22. The van der Waals surface area contributed by atoms with Crippen molar-refractivity contribution in [2.24, 2.45) is 10.7 Å². The van der Waals surface area contributed by atoms with E-state index in [2.05, 4.69) is 67.2 Å². The van der Waals surface area contributed by atoms with E-state index in [0.717, 1.165) is 32.5 Å². The molecule has 3 N–H and O–H groups in total. The lowest BCUT2D eigenvalue weighted by Gasteiger charge is -2.34. The van der Waals surface area contributed by atoms with Gasteiger partial charge in [0.15, 0.2) is 5.96 Å². The molecule has 1 aromatic rings. The lowest BCUT2D eigenvalue weighted by molar-refractivity contribution is 0.178. The van der Waals surface area contributed by atoms with Crippen molar-refractivity contribution in [3.05, 3.63) is 35.4 Å². The van der Waals surface area contributed by atoms with E-state index in [0.29, 0.717) is 12.0 Å². The van der Waals surface area contributed by atoms with Crippen LogP contribution >= 0.6 is 24.0 Å². The second-order valence-corrected chi connectivity index (χ2v) is 7.15. The molecule has 0 aromatic heterocycles. The Morgan fingerprint density at radius 2 is 1.96 bits per heavy atom. The van der Waals surface area contributed by atoms with Crippen molar-refractivity contribution in [2.45, 2.75) is 58.7 Å². The summed E-state index contributed by atoms with van der Waals surface area (Å²) in [5.41, 5.74) is 8.89. The Morgan fingerprint density at radius 3 is 2.57 bits per heavy atom. The molecular formula is C18H31IN4. The van der Waals surface area contributed by atoms with Crippen LogP contribution in [0.3, 0.4) is 0 Å². The molecule has 2 rings (SSSR count). The van der Waals surface area contributed by atoms with Gasteiger partial charge in [0, 0.05) is 24.7 Å². The number of halogens is 1. The molecule has 23 heavy (non-hydrogen) atoms. The number of hydrogen-bond donors (Lipinski definition) is 2. The van der Waals surface area contributed by atoms with Crippen LogP contribution in [0.5, 0.6) is 0 Å². The summed E-state index contributed by atoms with van der Waals surface area (Å²) < 4.78 is 0. The largest absolute Gasteiger partial charge is 0.370 e. The van der Waals surface area contributed by atoms with Gasteiger partial charge in [0.05, 0.1) is 6.54 Å². The maximum Gasteiger partial charge on any atom is 0.189 e. The predicted octanol–water partition coefficient (Wildman–Crippen LogP) is 3.14. The van der Waals surface area contributed by atoms with E-state index in [1.165, 1.54) is 11.1 Å². The maximum absolute atomic E-state index is 5.99. The molecule has 0 saturated carbocycles. The summed E-state index contributed by atoms with van der Waals surface area (Å²) in [6.45, 7) is 11.4. The van der Waals surface area contributed by atoms with E-state index in [4.69, 9.17) is 5.73 Å². The molecule has 1 aromatic carbocycles. The first kappa shape index (κ1) is 20.2. The zero-order valence-corrected chi connectivity index (χ0v) is 17.1. The minimum Gasteiger partial charge on any atom is -0.370 e. The lowest BCUT2D eigenvalue weighted by atomic mass is 9.98. The summed E-state index contributed by atoms with van der Waals surface area (Å²) in [5, 5.41) is 3.23. The molecule has 0 amide bonds. The highest BCUT2D eigenvalue weighted by atomic mass is 127. The molecule has 0 aliphatic carbocycles. The second kappa shape index (κ2) is 8.87. The van der Waals surface area contributed by atoms with E-state index in [1.807, 2.05) is 0 Å². The highest BCUT2D eigenvalue weighted by Crippen LogP contribution is 2.21. The molecular weight excluding hydrogens is 399 g/mol. The first-order chi connectivity index (χ1) is 10.4. The van der Waals surface area contributed by atoms with Crippen molar-refractivity contribution < 1.29 is 0 Å². The molecule has 4 nitrogen and oxygen atoms in total. The quantitative estimate of drug-likeness (QED) is 0.439. The van der Waals surface area contributed by atoms with E-state index < -0.39 is 0 Å². The van der Waals surface area contributed by atoms with Crippen molar-refractivity contribution in [3.63, 3.8) is 0 Å². The Balaban J connectivity index is 0.00000264. The molecule has 1 aliphatic rings. The second-order valence-electron chi connectivity index (χ2n) is 7.15. The van der Waals surface area contributed by atoms with Crippen molar-refractivity contribution in [1.29, 1.82) is 0 Å². The minimum atomic E-state index is -0.0423. The third-order valence-corrected chi connectivity index (χ3v) is 4.12. The average molecular weight is 430 g/mol. The molecule has 130 valence electrons. The molecule has 0 radical (unpaired) electrons. The smallest absolute Gasteiger partial charge is 0.189 e. The fourth-order valence-electron chi connectivity index (χ4n) is 2.96. The fourth-order valence-corrected chi connectivity index (χ4v) is 2.96. The third kappa shape index (κ3) is 6.30. The molecule has 1 atom stereocenters. The van der Waals surface area contributed by atoms with Crippen LogP contribution in [0.2, 0.25) is 0 Å². The first-order valence-electron chi connectivity index (χ1n) is 8.28. The van der Waals surface area contributed by atoms with Crippen molar-refractivity contribution >= 4 is 29.9 Å². The number of nitrogens with two attached hydrogens (primary N) is 1. The van der Waals surface area contributed by atoms with Crippen LogP contribution in [0.15, 0.2) is 29.3 Å². The van der Waals surface area contributed by atoms with Crippen molar-refractivity contribution in [2.75, 3.05) is 13.1 Å². The van der Waals surface area contributed by atoms with Gasteiger partial charge in [-0.25, -0.2) is 0 Å². The average Bonchev–Trinajstić information content (AvgIpc) is 2.46. The van der Waals surface area contributed by atoms with Gasteiger partial charge in [-0.05, 0) is 44.7 Å². The maximum atomic E-state index is 5.99. The van der Waals surface area contributed by atoms with Crippen LogP contribution in [0, 0.1) is 0 Å². The van der Waals surface area contributed by atoms with E-state index in [-0.39, 0.29) is 29.5 Å². The Hall–Kier alpha value is -0.820. The van der Waals surface area contributed by atoms with Gasteiger partial charge in [0.2, 0.25) is 0 Å². The Kier molecular flexibility index (Phi) is 7.80. The molecule has 0 fully saturated rings. The monoisotopic (exact) mass is 430 g/mol. The van der Waals surface area contributed by atoms with Crippen LogP contribution in [0.25, 0.3) is 0 Å². The summed E-state index contributed by atoms with van der Waals surface area (Å²) in [6, 6.07) is 9.21. The first-order valence-corrected chi connectivity index (χ1v) is 8.28. The molecule has 1 unspecified atom stereocenters. The molecule has 0 saturated heterocycles. The zero-order valence-electron chi connectivity index (χ0n) is 14.8. The number of hydrogen-bond acceptors (Lipinski definition) is 2. The van der Waals surface area contributed by atoms with Gasteiger partial charge in [0.1, 0.15) is 0 Å². The van der Waals surface area contributed by atoms with Crippen molar-refractivity contribution in [3.8, 4) is 0 Å². The lowest BCUT2D eigenvalue weighted by Crippen LogP contribution is -2.46. The van der Waals surface area contributed by atoms with Crippen LogP contribution in [-0.4, -0.2) is 35.5 Å². The Bertz CT molecular complexity index is 522. The fraction of sp³-hybridized carbons (Fsp3) is 0.611.